The summed E-state index contributed by atoms with van der Waals surface area (Å²) in [7, 11) is -3.25. The third kappa shape index (κ3) is 3.58. The first-order valence-corrected chi connectivity index (χ1v) is 8.50. The van der Waals surface area contributed by atoms with Crippen molar-refractivity contribution in [2.24, 2.45) is 0 Å². The normalized spacial score (nSPS) is 17.9. The first-order chi connectivity index (χ1) is 9.30. The lowest BCUT2D eigenvalue weighted by atomic mass is 10.0. The van der Waals surface area contributed by atoms with Crippen molar-refractivity contribution in [1.29, 1.82) is 0 Å². The van der Waals surface area contributed by atoms with Crippen LogP contribution in [0.15, 0.2) is 29.2 Å². The Hall–Kier alpha value is -1.40. The van der Waals surface area contributed by atoms with Gasteiger partial charge in [-0.2, -0.15) is 0 Å². The summed E-state index contributed by atoms with van der Waals surface area (Å²) in [5.74, 6) is -0.301. The number of carbonyl (C=O) groups excluding carboxylic acids is 1. The van der Waals surface area contributed by atoms with E-state index in [1.165, 1.54) is 24.3 Å². The summed E-state index contributed by atoms with van der Waals surface area (Å²) in [6.07, 6.45) is 4.50. The smallest absolute Gasteiger partial charge is 0.251 e. The zero-order chi connectivity index (χ0) is 14.8. The number of rotatable bonds is 4. The second-order valence-electron chi connectivity index (χ2n) is 5.41. The molecule has 1 saturated carbocycles. The summed E-state index contributed by atoms with van der Waals surface area (Å²) in [5.41, 5.74) is -0.401. The highest BCUT2D eigenvalue weighted by Gasteiger charge is 2.31. The van der Waals surface area contributed by atoms with Gasteiger partial charge in [0, 0.05) is 18.4 Å². The van der Waals surface area contributed by atoms with Crippen LogP contribution in [0.5, 0.6) is 0 Å². The molecule has 1 aromatic rings. The number of hydrogen-bond donors (Lipinski definition) is 2. The van der Waals surface area contributed by atoms with Gasteiger partial charge in [0.05, 0.1) is 10.5 Å². The van der Waals surface area contributed by atoms with Gasteiger partial charge in [-0.1, -0.05) is 12.8 Å². The van der Waals surface area contributed by atoms with Crippen LogP contribution in [0, 0.1) is 0 Å². The highest BCUT2D eigenvalue weighted by Crippen LogP contribution is 2.28. The van der Waals surface area contributed by atoms with E-state index in [9.17, 15) is 18.3 Å². The molecule has 2 rings (SSSR count). The monoisotopic (exact) mass is 297 g/mol. The molecular weight excluding hydrogens is 278 g/mol. The molecule has 1 amide bonds. The molecule has 0 saturated heterocycles. The van der Waals surface area contributed by atoms with Crippen molar-refractivity contribution in [1.82, 2.24) is 5.32 Å². The second kappa shape index (κ2) is 5.54. The van der Waals surface area contributed by atoms with Crippen molar-refractivity contribution < 1.29 is 18.3 Å². The molecule has 6 heteroatoms. The Labute approximate surface area is 118 Å². The number of sulfone groups is 1. The lowest BCUT2D eigenvalue weighted by Gasteiger charge is -2.22. The van der Waals surface area contributed by atoms with E-state index in [2.05, 4.69) is 5.32 Å². The maximum Gasteiger partial charge on any atom is 0.251 e. The first kappa shape index (κ1) is 15.0. The number of benzene rings is 1. The summed E-state index contributed by atoms with van der Waals surface area (Å²) in [6.45, 7) is 0.236. The third-order valence-electron chi connectivity index (χ3n) is 3.66. The van der Waals surface area contributed by atoms with E-state index in [0.717, 1.165) is 19.1 Å². The Bertz CT molecular complexity index is 586. The average molecular weight is 297 g/mol. The number of nitrogens with one attached hydrogen (secondary N) is 1. The Balaban J connectivity index is 1.99. The molecule has 0 atom stereocenters. The van der Waals surface area contributed by atoms with Crippen molar-refractivity contribution in [3.8, 4) is 0 Å². The number of aliphatic hydroxyl groups is 1. The van der Waals surface area contributed by atoms with Gasteiger partial charge in [-0.3, -0.25) is 4.79 Å². The van der Waals surface area contributed by atoms with Crippen molar-refractivity contribution in [2.75, 3.05) is 12.8 Å². The summed E-state index contributed by atoms with van der Waals surface area (Å²) < 4.78 is 22.6. The van der Waals surface area contributed by atoms with Crippen LogP contribution in [0.25, 0.3) is 0 Å². The van der Waals surface area contributed by atoms with E-state index in [1.807, 2.05) is 0 Å². The SMILES string of the molecule is CS(=O)(=O)c1ccc(C(=O)NCC2(O)CCCC2)cc1. The lowest BCUT2D eigenvalue weighted by molar-refractivity contribution is 0.0449. The van der Waals surface area contributed by atoms with Gasteiger partial charge in [0.2, 0.25) is 0 Å². The molecule has 1 aromatic carbocycles. The van der Waals surface area contributed by atoms with Crippen LogP contribution >= 0.6 is 0 Å². The largest absolute Gasteiger partial charge is 0.388 e. The minimum atomic E-state index is -3.25. The fourth-order valence-corrected chi connectivity index (χ4v) is 3.04. The Morgan fingerprint density at radius 1 is 1.25 bits per heavy atom. The number of amides is 1. The molecule has 5 nitrogen and oxygen atoms in total. The fraction of sp³-hybridized carbons (Fsp3) is 0.500. The molecule has 110 valence electrons. The van der Waals surface area contributed by atoms with Gasteiger partial charge >= 0.3 is 0 Å². The van der Waals surface area contributed by atoms with E-state index < -0.39 is 15.4 Å². The third-order valence-corrected chi connectivity index (χ3v) is 4.79. The topological polar surface area (TPSA) is 83.5 Å². The Morgan fingerprint density at radius 2 is 1.80 bits per heavy atom. The van der Waals surface area contributed by atoms with Gasteiger partial charge in [-0.25, -0.2) is 8.42 Å². The maximum atomic E-state index is 11.9. The fourth-order valence-electron chi connectivity index (χ4n) is 2.41. The quantitative estimate of drug-likeness (QED) is 0.872. The van der Waals surface area contributed by atoms with Crippen molar-refractivity contribution in [3.63, 3.8) is 0 Å². The van der Waals surface area contributed by atoms with Gasteiger partial charge in [0.15, 0.2) is 9.84 Å². The minimum absolute atomic E-state index is 0.184. The molecule has 20 heavy (non-hydrogen) atoms. The van der Waals surface area contributed by atoms with Crippen LogP contribution in [0.2, 0.25) is 0 Å². The van der Waals surface area contributed by atoms with E-state index in [1.54, 1.807) is 0 Å². The highest BCUT2D eigenvalue weighted by atomic mass is 32.2. The van der Waals surface area contributed by atoms with Gasteiger partial charge in [-0.05, 0) is 37.1 Å². The molecule has 0 bridgehead atoms. The average Bonchev–Trinajstić information content (AvgIpc) is 2.83. The van der Waals surface area contributed by atoms with E-state index in [4.69, 9.17) is 0 Å². The minimum Gasteiger partial charge on any atom is -0.388 e. The molecule has 1 aliphatic rings. The number of hydrogen-bond acceptors (Lipinski definition) is 4. The zero-order valence-corrected chi connectivity index (χ0v) is 12.2. The van der Waals surface area contributed by atoms with Crippen molar-refractivity contribution in [2.45, 2.75) is 36.2 Å². The van der Waals surface area contributed by atoms with Gasteiger partial charge in [0.1, 0.15) is 0 Å². The van der Waals surface area contributed by atoms with Crippen LogP contribution < -0.4 is 5.32 Å². The van der Waals surface area contributed by atoms with Crippen molar-refractivity contribution in [3.05, 3.63) is 29.8 Å². The molecular formula is C14H19NO4S. The Kier molecular flexibility index (Phi) is 4.15. The second-order valence-corrected chi connectivity index (χ2v) is 7.43. The number of carbonyl (C=O) groups is 1. The molecule has 0 spiro atoms. The standard InChI is InChI=1S/C14H19NO4S/c1-20(18,19)12-6-4-11(5-7-12)13(16)15-10-14(17)8-2-3-9-14/h4-7,17H,2-3,8-10H2,1H3,(H,15,16). The summed E-state index contributed by atoms with van der Waals surface area (Å²) >= 11 is 0. The molecule has 0 aliphatic heterocycles. The van der Waals surface area contributed by atoms with Crippen LogP contribution in [0.1, 0.15) is 36.0 Å². The van der Waals surface area contributed by atoms with Gasteiger partial charge in [0.25, 0.3) is 5.91 Å². The maximum absolute atomic E-state index is 11.9. The molecule has 1 aliphatic carbocycles. The van der Waals surface area contributed by atoms with Gasteiger partial charge < -0.3 is 10.4 Å². The molecule has 2 N–H and O–H groups in total. The summed E-state index contributed by atoms with van der Waals surface area (Å²) in [5, 5.41) is 12.8. The predicted octanol–water partition coefficient (Wildman–Crippen LogP) is 1.12. The molecule has 0 heterocycles. The van der Waals surface area contributed by atoms with Gasteiger partial charge in [-0.15, -0.1) is 0 Å². The lowest BCUT2D eigenvalue weighted by Crippen LogP contribution is -2.40. The van der Waals surface area contributed by atoms with E-state index in [-0.39, 0.29) is 17.3 Å². The van der Waals surface area contributed by atoms with Crippen LogP contribution in [-0.2, 0) is 9.84 Å². The zero-order valence-electron chi connectivity index (χ0n) is 11.4. The van der Waals surface area contributed by atoms with Crippen LogP contribution in [0.3, 0.4) is 0 Å². The molecule has 1 fully saturated rings. The Morgan fingerprint density at radius 3 is 2.30 bits per heavy atom. The molecule has 0 aromatic heterocycles. The first-order valence-electron chi connectivity index (χ1n) is 6.61. The van der Waals surface area contributed by atoms with Crippen LogP contribution in [-0.4, -0.2) is 37.8 Å². The van der Waals surface area contributed by atoms with Crippen LogP contribution in [0.4, 0.5) is 0 Å². The van der Waals surface area contributed by atoms with E-state index in [0.29, 0.717) is 18.4 Å². The van der Waals surface area contributed by atoms with Crippen molar-refractivity contribution >= 4 is 15.7 Å². The summed E-state index contributed by atoms with van der Waals surface area (Å²) in [6, 6.07) is 5.78. The molecule has 0 radical (unpaired) electrons. The summed E-state index contributed by atoms with van der Waals surface area (Å²) in [4.78, 5) is 12.1. The predicted molar refractivity (Wildman–Crippen MR) is 75.3 cm³/mol. The highest BCUT2D eigenvalue weighted by molar-refractivity contribution is 7.90. The molecule has 0 unspecified atom stereocenters. The van der Waals surface area contributed by atoms with E-state index >= 15 is 0 Å².